The average Bonchev–Trinajstić information content (AvgIpc) is 2.48. The Labute approximate surface area is 131 Å². The second kappa shape index (κ2) is 5.80. The molecule has 0 aliphatic rings. The van der Waals surface area contributed by atoms with Crippen LogP contribution < -0.4 is 10.3 Å². The minimum atomic E-state index is -0.159. The van der Waals surface area contributed by atoms with Crippen LogP contribution in [0.2, 0.25) is 10.0 Å². The molecule has 0 saturated heterocycles. The lowest BCUT2D eigenvalue weighted by Crippen LogP contribution is -2.04. The minimum Gasteiger partial charge on any atom is -0.487 e. The number of nitrogens with one attached hydrogen (secondary N) is 1. The number of aromatic amines is 1. The van der Waals surface area contributed by atoms with Gasteiger partial charge in [-0.25, -0.2) is 0 Å². The number of fused-ring (bicyclic) bond motifs is 1. The molecule has 3 rings (SSSR count). The zero-order chi connectivity index (χ0) is 14.8. The molecule has 5 heteroatoms. The lowest BCUT2D eigenvalue weighted by molar-refractivity contribution is 0.309. The van der Waals surface area contributed by atoms with Crippen molar-refractivity contribution in [1.29, 1.82) is 0 Å². The van der Waals surface area contributed by atoms with Gasteiger partial charge in [-0.2, -0.15) is 0 Å². The molecule has 0 aliphatic carbocycles. The topological polar surface area (TPSA) is 42.1 Å². The molecule has 0 fully saturated rings. The predicted molar refractivity (Wildman–Crippen MR) is 85.4 cm³/mol. The van der Waals surface area contributed by atoms with Crippen LogP contribution >= 0.6 is 23.2 Å². The Balaban J connectivity index is 1.89. The molecule has 0 radical (unpaired) electrons. The number of hydrogen-bond acceptors (Lipinski definition) is 2. The molecule has 0 aliphatic heterocycles. The summed E-state index contributed by atoms with van der Waals surface area (Å²) in [6, 6.07) is 14.2. The first-order chi connectivity index (χ1) is 10.1. The van der Waals surface area contributed by atoms with Gasteiger partial charge in [0.15, 0.2) is 0 Å². The first-order valence-electron chi connectivity index (χ1n) is 6.32. The van der Waals surface area contributed by atoms with Gasteiger partial charge in [-0.3, -0.25) is 4.79 Å². The number of rotatable bonds is 3. The highest BCUT2D eigenvalue weighted by atomic mass is 35.5. The molecule has 3 nitrogen and oxygen atoms in total. The van der Waals surface area contributed by atoms with Gasteiger partial charge in [-0.05, 0) is 29.8 Å². The molecular formula is C16H11Cl2NO2. The number of hydrogen-bond donors (Lipinski definition) is 1. The monoisotopic (exact) mass is 319 g/mol. The van der Waals surface area contributed by atoms with E-state index in [1.807, 2.05) is 24.3 Å². The third kappa shape index (κ3) is 3.04. The van der Waals surface area contributed by atoms with E-state index in [1.54, 1.807) is 18.2 Å². The number of pyridine rings is 1. The Kier molecular flexibility index (Phi) is 3.86. The Morgan fingerprint density at radius 3 is 2.67 bits per heavy atom. The van der Waals surface area contributed by atoms with Gasteiger partial charge in [0.05, 0.1) is 15.6 Å². The molecular weight excluding hydrogens is 309 g/mol. The molecule has 0 spiro atoms. The quantitative estimate of drug-likeness (QED) is 0.776. The molecule has 0 amide bonds. The van der Waals surface area contributed by atoms with Crippen molar-refractivity contribution in [3.05, 3.63) is 74.5 Å². The van der Waals surface area contributed by atoms with Gasteiger partial charge < -0.3 is 9.72 Å². The maximum absolute atomic E-state index is 11.4. The van der Waals surface area contributed by atoms with E-state index in [2.05, 4.69) is 4.98 Å². The summed E-state index contributed by atoms with van der Waals surface area (Å²) in [4.78, 5) is 14.2. The normalized spacial score (nSPS) is 10.8. The Hall–Kier alpha value is -1.97. The fraction of sp³-hybridized carbons (Fsp3) is 0.0625. The van der Waals surface area contributed by atoms with Crippen molar-refractivity contribution >= 4 is 34.1 Å². The van der Waals surface area contributed by atoms with Crippen LogP contribution in [-0.2, 0) is 6.61 Å². The summed E-state index contributed by atoms with van der Waals surface area (Å²) in [6.45, 7) is 0.340. The molecule has 1 aromatic heterocycles. The lowest BCUT2D eigenvalue weighted by atomic mass is 10.2. The second-order valence-electron chi connectivity index (χ2n) is 4.58. The van der Waals surface area contributed by atoms with Crippen LogP contribution in [0.1, 0.15) is 5.56 Å². The van der Waals surface area contributed by atoms with Crippen LogP contribution in [0.15, 0.2) is 53.3 Å². The number of para-hydroxylation sites is 1. The van der Waals surface area contributed by atoms with Crippen molar-refractivity contribution in [1.82, 2.24) is 4.98 Å². The van der Waals surface area contributed by atoms with E-state index in [0.29, 0.717) is 27.9 Å². The van der Waals surface area contributed by atoms with Crippen molar-refractivity contribution in [2.24, 2.45) is 0 Å². The van der Waals surface area contributed by atoms with Crippen LogP contribution in [0.4, 0.5) is 0 Å². The summed E-state index contributed by atoms with van der Waals surface area (Å²) in [7, 11) is 0. The molecule has 0 atom stereocenters. The van der Waals surface area contributed by atoms with Crippen LogP contribution in [0.25, 0.3) is 10.9 Å². The molecule has 1 N–H and O–H groups in total. The Morgan fingerprint density at radius 2 is 1.86 bits per heavy atom. The van der Waals surface area contributed by atoms with Gasteiger partial charge in [-0.1, -0.05) is 41.4 Å². The summed E-state index contributed by atoms with van der Waals surface area (Å²) in [5.74, 6) is 0.622. The predicted octanol–water partition coefficient (Wildman–Crippen LogP) is 4.41. The van der Waals surface area contributed by atoms with Crippen molar-refractivity contribution < 1.29 is 4.74 Å². The number of ether oxygens (including phenoxy) is 1. The highest BCUT2D eigenvalue weighted by Gasteiger charge is 2.05. The van der Waals surface area contributed by atoms with Gasteiger partial charge in [0.2, 0.25) is 5.56 Å². The third-order valence-electron chi connectivity index (χ3n) is 3.10. The van der Waals surface area contributed by atoms with Crippen molar-refractivity contribution in [3.63, 3.8) is 0 Å². The summed E-state index contributed by atoms with van der Waals surface area (Å²) >= 11 is 11.9. The summed E-state index contributed by atoms with van der Waals surface area (Å²) in [5, 5.41) is 1.92. The summed E-state index contributed by atoms with van der Waals surface area (Å²) < 4.78 is 5.78. The Bertz CT molecular complexity index is 858. The van der Waals surface area contributed by atoms with E-state index in [0.717, 1.165) is 10.9 Å². The maximum Gasteiger partial charge on any atom is 0.248 e. The van der Waals surface area contributed by atoms with Gasteiger partial charge in [0.1, 0.15) is 12.4 Å². The van der Waals surface area contributed by atoms with E-state index in [4.69, 9.17) is 27.9 Å². The number of aromatic nitrogens is 1. The van der Waals surface area contributed by atoms with Gasteiger partial charge in [0.25, 0.3) is 0 Å². The molecule has 106 valence electrons. The van der Waals surface area contributed by atoms with Crippen LogP contribution in [0.5, 0.6) is 5.75 Å². The first-order valence-corrected chi connectivity index (χ1v) is 7.08. The SMILES string of the molecule is O=c1ccc2cccc(OCc3ccc(Cl)c(Cl)c3)c2[nH]1. The average molecular weight is 320 g/mol. The second-order valence-corrected chi connectivity index (χ2v) is 5.39. The Morgan fingerprint density at radius 1 is 1.00 bits per heavy atom. The highest BCUT2D eigenvalue weighted by molar-refractivity contribution is 6.42. The minimum absolute atomic E-state index is 0.159. The largest absolute Gasteiger partial charge is 0.487 e. The molecule has 0 unspecified atom stereocenters. The zero-order valence-electron chi connectivity index (χ0n) is 10.9. The molecule has 1 heterocycles. The van der Waals surface area contributed by atoms with Gasteiger partial charge >= 0.3 is 0 Å². The standard InChI is InChI=1S/C16H11Cl2NO2/c17-12-6-4-10(8-13(12)18)9-21-14-3-1-2-11-5-7-15(20)19-16(11)14/h1-8H,9H2,(H,19,20). The number of benzene rings is 2. The maximum atomic E-state index is 11.4. The van der Waals surface area contributed by atoms with Crippen LogP contribution in [-0.4, -0.2) is 4.98 Å². The van der Waals surface area contributed by atoms with E-state index in [1.165, 1.54) is 6.07 Å². The lowest BCUT2D eigenvalue weighted by Gasteiger charge is -2.09. The van der Waals surface area contributed by atoms with Gasteiger partial charge in [-0.15, -0.1) is 0 Å². The fourth-order valence-corrected chi connectivity index (χ4v) is 2.38. The van der Waals surface area contributed by atoms with E-state index in [-0.39, 0.29) is 5.56 Å². The van der Waals surface area contributed by atoms with Crippen molar-refractivity contribution in [3.8, 4) is 5.75 Å². The van der Waals surface area contributed by atoms with E-state index < -0.39 is 0 Å². The van der Waals surface area contributed by atoms with Crippen molar-refractivity contribution in [2.45, 2.75) is 6.61 Å². The summed E-state index contributed by atoms with van der Waals surface area (Å²) in [6.07, 6.45) is 0. The number of H-pyrrole nitrogens is 1. The van der Waals surface area contributed by atoms with E-state index in [9.17, 15) is 4.79 Å². The zero-order valence-corrected chi connectivity index (χ0v) is 12.4. The number of halogens is 2. The molecule has 3 aromatic rings. The summed E-state index contributed by atoms with van der Waals surface area (Å²) in [5.41, 5.74) is 1.43. The van der Waals surface area contributed by atoms with Crippen LogP contribution in [0, 0.1) is 0 Å². The fourth-order valence-electron chi connectivity index (χ4n) is 2.06. The molecule has 0 bridgehead atoms. The smallest absolute Gasteiger partial charge is 0.248 e. The highest BCUT2D eigenvalue weighted by Crippen LogP contribution is 2.25. The third-order valence-corrected chi connectivity index (χ3v) is 3.84. The van der Waals surface area contributed by atoms with E-state index >= 15 is 0 Å². The molecule has 0 saturated carbocycles. The van der Waals surface area contributed by atoms with Crippen LogP contribution in [0.3, 0.4) is 0 Å². The first kappa shape index (κ1) is 14.0. The van der Waals surface area contributed by atoms with Gasteiger partial charge in [0, 0.05) is 11.5 Å². The molecule has 2 aromatic carbocycles. The molecule has 21 heavy (non-hydrogen) atoms. The van der Waals surface area contributed by atoms with Crippen molar-refractivity contribution in [2.75, 3.05) is 0 Å².